The van der Waals surface area contributed by atoms with Gasteiger partial charge >= 0.3 is 0 Å². The SMILES string of the molecule is CC(O)CN(C)Cc1ccnc(N)c1. The monoisotopic (exact) mass is 195 g/mol. The fourth-order valence-corrected chi connectivity index (χ4v) is 1.42. The van der Waals surface area contributed by atoms with Gasteiger partial charge in [0.2, 0.25) is 0 Å². The molecule has 4 nitrogen and oxygen atoms in total. The van der Waals surface area contributed by atoms with Gasteiger partial charge in [-0.15, -0.1) is 0 Å². The Balaban J connectivity index is 2.51. The van der Waals surface area contributed by atoms with Crippen molar-refractivity contribution in [3.05, 3.63) is 23.9 Å². The van der Waals surface area contributed by atoms with E-state index in [4.69, 9.17) is 5.73 Å². The largest absolute Gasteiger partial charge is 0.392 e. The van der Waals surface area contributed by atoms with Crippen molar-refractivity contribution in [3.63, 3.8) is 0 Å². The molecule has 0 radical (unpaired) electrons. The van der Waals surface area contributed by atoms with E-state index in [-0.39, 0.29) is 6.10 Å². The molecule has 0 bridgehead atoms. The molecular formula is C10H17N3O. The molecule has 1 atom stereocenters. The minimum atomic E-state index is -0.306. The lowest BCUT2D eigenvalue weighted by atomic mass is 10.2. The molecule has 14 heavy (non-hydrogen) atoms. The Hall–Kier alpha value is -1.13. The molecule has 0 fully saturated rings. The summed E-state index contributed by atoms with van der Waals surface area (Å²) in [5, 5.41) is 9.18. The van der Waals surface area contributed by atoms with Crippen LogP contribution in [0.25, 0.3) is 0 Å². The normalized spacial score (nSPS) is 13.1. The second kappa shape index (κ2) is 4.93. The predicted octanol–water partition coefficient (Wildman–Crippen LogP) is 0.476. The van der Waals surface area contributed by atoms with Gasteiger partial charge in [0, 0.05) is 19.3 Å². The fraction of sp³-hybridized carbons (Fsp3) is 0.500. The van der Waals surface area contributed by atoms with E-state index in [2.05, 4.69) is 4.98 Å². The topological polar surface area (TPSA) is 62.4 Å². The van der Waals surface area contributed by atoms with Gasteiger partial charge in [0.05, 0.1) is 6.10 Å². The van der Waals surface area contributed by atoms with Gasteiger partial charge in [-0.2, -0.15) is 0 Å². The lowest BCUT2D eigenvalue weighted by molar-refractivity contribution is 0.138. The van der Waals surface area contributed by atoms with Crippen molar-refractivity contribution in [2.75, 3.05) is 19.3 Å². The molecular weight excluding hydrogens is 178 g/mol. The van der Waals surface area contributed by atoms with E-state index in [1.54, 1.807) is 13.1 Å². The zero-order chi connectivity index (χ0) is 10.6. The molecule has 0 saturated carbocycles. The highest BCUT2D eigenvalue weighted by molar-refractivity contribution is 5.31. The maximum atomic E-state index is 9.18. The third kappa shape index (κ3) is 3.72. The Morgan fingerprint density at radius 3 is 2.93 bits per heavy atom. The van der Waals surface area contributed by atoms with Crippen molar-refractivity contribution in [2.24, 2.45) is 0 Å². The standard InChI is InChI=1S/C10H17N3O/c1-8(14)6-13(2)7-9-3-4-12-10(11)5-9/h3-5,8,14H,6-7H2,1-2H3,(H2,11,12). The number of rotatable bonds is 4. The Morgan fingerprint density at radius 2 is 2.36 bits per heavy atom. The van der Waals surface area contributed by atoms with Crippen molar-refractivity contribution < 1.29 is 5.11 Å². The summed E-state index contributed by atoms with van der Waals surface area (Å²) in [7, 11) is 1.96. The highest BCUT2D eigenvalue weighted by Crippen LogP contribution is 2.05. The molecule has 0 amide bonds. The summed E-state index contributed by atoms with van der Waals surface area (Å²) in [6, 6.07) is 3.77. The molecule has 1 rings (SSSR count). The average Bonchev–Trinajstić information content (AvgIpc) is 2.01. The van der Waals surface area contributed by atoms with Crippen molar-refractivity contribution in [1.82, 2.24) is 9.88 Å². The van der Waals surface area contributed by atoms with Crippen LogP contribution in [0.15, 0.2) is 18.3 Å². The van der Waals surface area contributed by atoms with Crippen LogP contribution in [0.1, 0.15) is 12.5 Å². The lowest BCUT2D eigenvalue weighted by Crippen LogP contribution is -2.26. The number of aliphatic hydroxyl groups is 1. The summed E-state index contributed by atoms with van der Waals surface area (Å²) in [4.78, 5) is 5.96. The van der Waals surface area contributed by atoms with Crippen LogP contribution < -0.4 is 5.73 Å². The average molecular weight is 195 g/mol. The van der Waals surface area contributed by atoms with E-state index in [1.807, 2.05) is 24.1 Å². The third-order valence-corrected chi connectivity index (χ3v) is 1.87. The predicted molar refractivity (Wildman–Crippen MR) is 56.7 cm³/mol. The van der Waals surface area contributed by atoms with Crippen LogP contribution in [-0.4, -0.2) is 34.7 Å². The number of nitrogen functional groups attached to an aromatic ring is 1. The van der Waals surface area contributed by atoms with E-state index >= 15 is 0 Å². The molecule has 1 aromatic rings. The van der Waals surface area contributed by atoms with E-state index in [0.29, 0.717) is 12.4 Å². The number of hydrogen-bond acceptors (Lipinski definition) is 4. The molecule has 1 heterocycles. The maximum absolute atomic E-state index is 9.18. The molecule has 4 heteroatoms. The number of pyridine rings is 1. The number of anilines is 1. The Labute approximate surface area is 84.4 Å². The van der Waals surface area contributed by atoms with Gasteiger partial charge in [0.25, 0.3) is 0 Å². The molecule has 0 saturated heterocycles. The first-order chi connectivity index (χ1) is 6.58. The number of hydrogen-bond donors (Lipinski definition) is 2. The Morgan fingerprint density at radius 1 is 1.64 bits per heavy atom. The minimum Gasteiger partial charge on any atom is -0.392 e. The fourth-order valence-electron chi connectivity index (χ4n) is 1.42. The molecule has 3 N–H and O–H groups in total. The Kier molecular flexibility index (Phi) is 3.85. The summed E-state index contributed by atoms with van der Waals surface area (Å²) in [5.41, 5.74) is 6.67. The van der Waals surface area contributed by atoms with E-state index < -0.39 is 0 Å². The summed E-state index contributed by atoms with van der Waals surface area (Å²) >= 11 is 0. The van der Waals surface area contributed by atoms with Crippen LogP contribution in [0.3, 0.4) is 0 Å². The molecule has 0 aliphatic carbocycles. The number of nitrogens with zero attached hydrogens (tertiary/aromatic N) is 2. The summed E-state index contributed by atoms with van der Waals surface area (Å²) in [5.74, 6) is 0.535. The number of aromatic nitrogens is 1. The molecule has 0 aliphatic heterocycles. The van der Waals surface area contributed by atoms with Crippen LogP contribution in [0, 0.1) is 0 Å². The van der Waals surface area contributed by atoms with Gasteiger partial charge in [-0.25, -0.2) is 4.98 Å². The maximum Gasteiger partial charge on any atom is 0.123 e. The van der Waals surface area contributed by atoms with Crippen LogP contribution in [0.5, 0.6) is 0 Å². The van der Waals surface area contributed by atoms with Crippen LogP contribution in [-0.2, 0) is 6.54 Å². The van der Waals surface area contributed by atoms with Crippen molar-refractivity contribution in [3.8, 4) is 0 Å². The molecule has 1 aromatic heterocycles. The van der Waals surface area contributed by atoms with Gasteiger partial charge in [0.15, 0.2) is 0 Å². The highest BCUT2D eigenvalue weighted by Gasteiger charge is 2.03. The number of aliphatic hydroxyl groups excluding tert-OH is 1. The second-order valence-corrected chi connectivity index (χ2v) is 3.63. The molecule has 0 aromatic carbocycles. The van der Waals surface area contributed by atoms with E-state index in [1.165, 1.54) is 0 Å². The van der Waals surface area contributed by atoms with E-state index in [0.717, 1.165) is 12.1 Å². The first-order valence-corrected chi connectivity index (χ1v) is 4.65. The zero-order valence-corrected chi connectivity index (χ0v) is 8.64. The van der Waals surface area contributed by atoms with Crippen molar-refractivity contribution in [2.45, 2.75) is 19.6 Å². The summed E-state index contributed by atoms with van der Waals surface area (Å²) < 4.78 is 0. The summed E-state index contributed by atoms with van der Waals surface area (Å²) in [6.45, 7) is 3.21. The first-order valence-electron chi connectivity index (χ1n) is 4.65. The van der Waals surface area contributed by atoms with Gasteiger partial charge in [-0.05, 0) is 31.7 Å². The van der Waals surface area contributed by atoms with Gasteiger partial charge < -0.3 is 10.8 Å². The van der Waals surface area contributed by atoms with Crippen molar-refractivity contribution >= 4 is 5.82 Å². The molecule has 78 valence electrons. The Bertz CT molecular complexity index is 288. The third-order valence-electron chi connectivity index (χ3n) is 1.87. The molecule has 1 unspecified atom stereocenters. The lowest BCUT2D eigenvalue weighted by Gasteiger charge is -2.18. The van der Waals surface area contributed by atoms with Crippen molar-refractivity contribution in [1.29, 1.82) is 0 Å². The van der Waals surface area contributed by atoms with Gasteiger partial charge in [0.1, 0.15) is 5.82 Å². The zero-order valence-electron chi connectivity index (χ0n) is 8.64. The van der Waals surface area contributed by atoms with Crippen LogP contribution >= 0.6 is 0 Å². The van der Waals surface area contributed by atoms with Crippen LogP contribution in [0.4, 0.5) is 5.82 Å². The van der Waals surface area contributed by atoms with Gasteiger partial charge in [-0.1, -0.05) is 0 Å². The quantitative estimate of drug-likeness (QED) is 0.733. The second-order valence-electron chi connectivity index (χ2n) is 3.63. The molecule has 0 aliphatic rings. The number of nitrogens with two attached hydrogens (primary N) is 1. The highest BCUT2D eigenvalue weighted by atomic mass is 16.3. The van der Waals surface area contributed by atoms with Crippen LogP contribution in [0.2, 0.25) is 0 Å². The summed E-state index contributed by atoms with van der Waals surface area (Å²) in [6.07, 6.45) is 1.39. The minimum absolute atomic E-state index is 0.306. The van der Waals surface area contributed by atoms with E-state index in [9.17, 15) is 5.11 Å². The first kappa shape index (κ1) is 10.9. The number of likely N-dealkylation sites (N-methyl/N-ethyl adjacent to an activating group) is 1. The molecule has 0 spiro atoms. The van der Waals surface area contributed by atoms with Gasteiger partial charge in [-0.3, -0.25) is 4.90 Å². The smallest absolute Gasteiger partial charge is 0.123 e.